The minimum absolute atomic E-state index is 0.159. The standard InChI is InChI=1S/C9H8BrClN2OS/c10-7-3-1-5(14-7)9(13-12)6-2-4-8(11)15-6/h1-4,9,13H,12H2. The SMILES string of the molecule is NNC(c1ccc(Br)o1)c1ccc(Cl)s1. The van der Waals surface area contributed by atoms with Crippen molar-refractivity contribution in [1.82, 2.24) is 5.43 Å². The van der Waals surface area contributed by atoms with E-state index >= 15 is 0 Å². The Balaban J connectivity index is 2.32. The third kappa shape index (κ3) is 2.43. The van der Waals surface area contributed by atoms with Gasteiger partial charge in [-0.1, -0.05) is 11.6 Å². The summed E-state index contributed by atoms with van der Waals surface area (Å²) in [5.41, 5.74) is 2.70. The molecule has 2 aromatic rings. The smallest absolute Gasteiger partial charge is 0.169 e. The Morgan fingerprint density at radius 3 is 2.67 bits per heavy atom. The molecule has 0 bridgehead atoms. The zero-order chi connectivity index (χ0) is 10.8. The minimum Gasteiger partial charge on any atom is -0.452 e. The van der Waals surface area contributed by atoms with Crippen molar-refractivity contribution in [1.29, 1.82) is 0 Å². The minimum atomic E-state index is -0.159. The van der Waals surface area contributed by atoms with Crippen molar-refractivity contribution < 1.29 is 4.42 Å². The fraction of sp³-hybridized carbons (Fsp3) is 0.111. The summed E-state index contributed by atoms with van der Waals surface area (Å²) >= 11 is 10.6. The van der Waals surface area contributed by atoms with Crippen LogP contribution >= 0.6 is 38.9 Å². The highest BCUT2D eigenvalue weighted by Gasteiger charge is 2.17. The third-order valence-corrected chi connectivity index (χ3v) is 3.65. The van der Waals surface area contributed by atoms with Crippen molar-refractivity contribution in [2.45, 2.75) is 6.04 Å². The monoisotopic (exact) mass is 306 g/mol. The van der Waals surface area contributed by atoms with Gasteiger partial charge in [-0.15, -0.1) is 11.3 Å². The van der Waals surface area contributed by atoms with Crippen LogP contribution in [0.15, 0.2) is 33.4 Å². The molecule has 0 aliphatic rings. The summed E-state index contributed by atoms with van der Waals surface area (Å²) in [5, 5.41) is 0. The first-order valence-electron chi connectivity index (χ1n) is 4.17. The Hall–Kier alpha value is -0.330. The first-order valence-corrected chi connectivity index (χ1v) is 6.16. The Kier molecular flexibility index (Phi) is 3.48. The van der Waals surface area contributed by atoms with E-state index in [0.717, 1.165) is 15.0 Å². The summed E-state index contributed by atoms with van der Waals surface area (Å²) in [6, 6.07) is 7.29. The summed E-state index contributed by atoms with van der Waals surface area (Å²) in [6.45, 7) is 0. The zero-order valence-electron chi connectivity index (χ0n) is 7.54. The Morgan fingerprint density at radius 2 is 2.20 bits per heavy atom. The van der Waals surface area contributed by atoms with Crippen molar-refractivity contribution in [2.75, 3.05) is 0 Å². The molecule has 1 unspecified atom stereocenters. The molecule has 0 aliphatic heterocycles. The highest BCUT2D eigenvalue weighted by molar-refractivity contribution is 9.10. The van der Waals surface area contributed by atoms with Gasteiger partial charge in [-0.2, -0.15) is 0 Å². The van der Waals surface area contributed by atoms with Gasteiger partial charge in [0, 0.05) is 4.88 Å². The van der Waals surface area contributed by atoms with Gasteiger partial charge in [-0.3, -0.25) is 5.84 Å². The number of nitrogens with two attached hydrogens (primary N) is 1. The zero-order valence-corrected chi connectivity index (χ0v) is 10.7. The lowest BCUT2D eigenvalue weighted by Crippen LogP contribution is -2.27. The molecule has 0 aliphatic carbocycles. The average molecular weight is 308 g/mol. The number of furan rings is 1. The van der Waals surface area contributed by atoms with Gasteiger partial charge in [0.05, 0.1) is 4.34 Å². The predicted octanol–water partition coefficient (Wildman–Crippen LogP) is 3.31. The molecule has 0 saturated heterocycles. The van der Waals surface area contributed by atoms with E-state index in [2.05, 4.69) is 21.4 Å². The fourth-order valence-electron chi connectivity index (χ4n) is 1.27. The van der Waals surface area contributed by atoms with Gasteiger partial charge in [0.1, 0.15) is 11.8 Å². The molecule has 3 nitrogen and oxygen atoms in total. The summed E-state index contributed by atoms with van der Waals surface area (Å²) in [5.74, 6) is 6.25. The first kappa shape index (κ1) is 11.2. The molecule has 2 aromatic heterocycles. The van der Waals surface area contributed by atoms with Crippen LogP contribution in [0.5, 0.6) is 0 Å². The number of halogens is 2. The molecule has 15 heavy (non-hydrogen) atoms. The Morgan fingerprint density at radius 1 is 1.40 bits per heavy atom. The van der Waals surface area contributed by atoms with E-state index in [9.17, 15) is 0 Å². The summed E-state index contributed by atoms with van der Waals surface area (Å²) < 4.78 is 6.85. The molecular weight excluding hydrogens is 300 g/mol. The molecule has 80 valence electrons. The quantitative estimate of drug-likeness (QED) is 0.675. The molecule has 0 aromatic carbocycles. The molecule has 2 heterocycles. The van der Waals surface area contributed by atoms with Crippen LogP contribution in [0.2, 0.25) is 4.34 Å². The van der Waals surface area contributed by atoms with Crippen LogP contribution in [0.4, 0.5) is 0 Å². The van der Waals surface area contributed by atoms with E-state index in [4.69, 9.17) is 21.9 Å². The van der Waals surface area contributed by atoms with Gasteiger partial charge in [0.15, 0.2) is 4.67 Å². The number of hydrogen-bond acceptors (Lipinski definition) is 4. The maximum atomic E-state index is 5.86. The Bertz CT molecular complexity index is 416. The van der Waals surface area contributed by atoms with Crippen molar-refractivity contribution in [3.05, 3.63) is 43.9 Å². The molecule has 0 saturated carbocycles. The van der Waals surface area contributed by atoms with E-state index in [1.54, 1.807) is 0 Å². The topological polar surface area (TPSA) is 51.2 Å². The van der Waals surface area contributed by atoms with E-state index in [0.29, 0.717) is 4.67 Å². The van der Waals surface area contributed by atoms with E-state index in [1.165, 1.54) is 11.3 Å². The van der Waals surface area contributed by atoms with Crippen molar-refractivity contribution in [3.63, 3.8) is 0 Å². The lowest BCUT2D eigenvalue weighted by atomic mass is 10.2. The summed E-state index contributed by atoms with van der Waals surface area (Å²) in [7, 11) is 0. The second kappa shape index (κ2) is 4.67. The third-order valence-electron chi connectivity index (χ3n) is 1.92. The molecule has 1 atom stereocenters. The van der Waals surface area contributed by atoms with Gasteiger partial charge >= 0.3 is 0 Å². The highest BCUT2D eigenvalue weighted by atomic mass is 79.9. The normalized spacial score (nSPS) is 13.0. The van der Waals surface area contributed by atoms with Crippen LogP contribution in [0, 0.1) is 0 Å². The van der Waals surface area contributed by atoms with E-state index in [1.807, 2.05) is 24.3 Å². The van der Waals surface area contributed by atoms with Crippen LogP contribution in [-0.2, 0) is 0 Å². The number of thiophene rings is 1. The van der Waals surface area contributed by atoms with Gasteiger partial charge in [-0.25, -0.2) is 5.43 Å². The second-order valence-corrected chi connectivity index (χ2v) is 5.41. The number of nitrogens with one attached hydrogen (secondary N) is 1. The lowest BCUT2D eigenvalue weighted by Gasteiger charge is -2.10. The number of rotatable bonds is 3. The van der Waals surface area contributed by atoms with Crippen molar-refractivity contribution in [2.24, 2.45) is 5.84 Å². The molecule has 0 radical (unpaired) electrons. The molecule has 2 rings (SSSR count). The fourth-order valence-corrected chi connectivity index (χ4v) is 2.72. The summed E-state index contributed by atoms with van der Waals surface area (Å²) in [4.78, 5) is 1.02. The van der Waals surface area contributed by atoms with Crippen LogP contribution in [-0.4, -0.2) is 0 Å². The van der Waals surface area contributed by atoms with Gasteiger partial charge in [0.25, 0.3) is 0 Å². The highest BCUT2D eigenvalue weighted by Crippen LogP contribution is 2.32. The number of hydrazine groups is 1. The van der Waals surface area contributed by atoms with Gasteiger partial charge in [-0.05, 0) is 40.2 Å². The van der Waals surface area contributed by atoms with Crippen LogP contribution in [0.3, 0.4) is 0 Å². The molecule has 0 amide bonds. The first-order chi connectivity index (χ1) is 7.20. The molecular formula is C9H8BrClN2OS. The van der Waals surface area contributed by atoms with Crippen LogP contribution in [0.1, 0.15) is 16.7 Å². The van der Waals surface area contributed by atoms with Gasteiger partial charge in [0.2, 0.25) is 0 Å². The van der Waals surface area contributed by atoms with Crippen LogP contribution in [0.25, 0.3) is 0 Å². The molecule has 3 N–H and O–H groups in total. The summed E-state index contributed by atoms with van der Waals surface area (Å²) in [6.07, 6.45) is 0. The maximum Gasteiger partial charge on any atom is 0.169 e. The maximum absolute atomic E-state index is 5.86. The van der Waals surface area contributed by atoms with E-state index in [-0.39, 0.29) is 6.04 Å². The van der Waals surface area contributed by atoms with Crippen LogP contribution < -0.4 is 11.3 Å². The molecule has 0 spiro atoms. The van der Waals surface area contributed by atoms with Crippen molar-refractivity contribution in [3.8, 4) is 0 Å². The average Bonchev–Trinajstić information content (AvgIpc) is 2.78. The molecule has 0 fully saturated rings. The van der Waals surface area contributed by atoms with E-state index < -0.39 is 0 Å². The largest absolute Gasteiger partial charge is 0.452 e. The predicted molar refractivity (Wildman–Crippen MR) is 64.9 cm³/mol. The second-order valence-electron chi connectivity index (χ2n) is 2.88. The van der Waals surface area contributed by atoms with Gasteiger partial charge < -0.3 is 4.42 Å². The lowest BCUT2D eigenvalue weighted by molar-refractivity contribution is 0.440. The van der Waals surface area contributed by atoms with Crippen molar-refractivity contribution >= 4 is 38.9 Å². The molecule has 6 heteroatoms. The number of hydrogen-bond donors (Lipinski definition) is 2. The Labute approximate surface area is 104 Å².